The van der Waals surface area contributed by atoms with Crippen LogP contribution in [0.15, 0.2) is 12.7 Å². The fourth-order valence-corrected chi connectivity index (χ4v) is 9.47. The number of nitrogens with zero attached hydrogens (tertiary/aromatic N) is 2. The molecule has 4 rings (SSSR count). The van der Waals surface area contributed by atoms with E-state index in [0.717, 1.165) is 0 Å². The van der Waals surface area contributed by atoms with Gasteiger partial charge in [0.25, 0.3) is 0 Å². The van der Waals surface area contributed by atoms with Crippen molar-refractivity contribution in [2.45, 2.75) is 280 Å². The lowest BCUT2D eigenvalue weighted by Gasteiger charge is -2.32. The summed E-state index contributed by atoms with van der Waals surface area (Å²) in [5.41, 5.74) is -4.35. The molecule has 0 bridgehead atoms. The highest BCUT2D eigenvalue weighted by Gasteiger charge is 2.54. The molecule has 0 aliphatic carbocycles. The van der Waals surface area contributed by atoms with E-state index in [0.29, 0.717) is 25.6 Å². The standard InChI is InChI=1S/C30H54BN3O9.C24H41N3O7.C6H12BO2.CH4/c1-18(2)21(33-25(37)40-27(3,4)5)23(35)32-20-17-34(26(38)41-28(6,7)8)22(24(36)39-13)19(20)15-14-16-31-42-29(9,10)30(11,12)43-31;1-11-12-15-16(13-27(18(15)20(29)32-10)22(31)34-24(7,8)9)25-19(28)17(14(2)3)26-21(30)33-23(4,5)6;1-5(2)6(3,4)9-7-8-5;/h18-22H,14-17H2,1-13H3,(H,32,35)(H,33,37);11,14-18H,1,12-13H2,2-10H3,(H,25,28)(H,26,30);1-4H3;1H4/t19-,20+,21+,22+;15-,16+,17+,18+;;/m11../s1. The third-order valence-electron chi connectivity index (χ3n) is 15.2. The van der Waals surface area contributed by atoms with E-state index in [-0.39, 0.29) is 43.6 Å². The Labute approximate surface area is 521 Å². The first-order chi connectivity index (χ1) is 38.9. The van der Waals surface area contributed by atoms with Gasteiger partial charge in [0.2, 0.25) is 11.8 Å². The zero-order chi connectivity index (χ0) is 66.7. The Balaban J connectivity index is 0.000000764. The summed E-state index contributed by atoms with van der Waals surface area (Å²) >= 11 is 0. The number of hydrogen-bond acceptors (Lipinski definition) is 18. The summed E-state index contributed by atoms with van der Waals surface area (Å²) in [6.07, 6.45) is 0.788. The van der Waals surface area contributed by atoms with Crippen LogP contribution < -0.4 is 21.3 Å². The monoisotopic (exact) mass is 1240 g/mol. The summed E-state index contributed by atoms with van der Waals surface area (Å²) in [5.74, 6) is -3.61. The fourth-order valence-electron chi connectivity index (χ4n) is 9.47. The van der Waals surface area contributed by atoms with Crippen molar-refractivity contribution in [1.29, 1.82) is 0 Å². The maximum Gasteiger partial charge on any atom is 0.488 e. The molecule has 87 heavy (non-hydrogen) atoms. The van der Waals surface area contributed by atoms with Gasteiger partial charge in [-0.2, -0.15) is 0 Å². The zero-order valence-corrected chi connectivity index (χ0v) is 56.7. The van der Waals surface area contributed by atoms with Gasteiger partial charge < -0.3 is 68.3 Å². The van der Waals surface area contributed by atoms with Crippen LogP contribution in [-0.2, 0) is 66.2 Å². The number of carbonyl (C=O) groups excluding carboxylic acids is 8. The number of methoxy groups -OCH3 is 2. The second kappa shape index (κ2) is 31.4. The Morgan fingerprint density at radius 3 is 1.20 bits per heavy atom. The molecule has 499 valence electrons. The number of ether oxygens (including phenoxy) is 6. The van der Waals surface area contributed by atoms with E-state index in [9.17, 15) is 38.4 Å². The second-order valence-corrected chi connectivity index (χ2v) is 29.0. The van der Waals surface area contributed by atoms with E-state index in [2.05, 4.69) is 27.8 Å². The lowest BCUT2D eigenvalue weighted by atomic mass is 9.79. The molecule has 4 saturated heterocycles. The van der Waals surface area contributed by atoms with Crippen molar-refractivity contribution < 1.29 is 85.4 Å². The predicted molar refractivity (Wildman–Crippen MR) is 332 cm³/mol. The van der Waals surface area contributed by atoms with Crippen LogP contribution >= 0.6 is 0 Å². The van der Waals surface area contributed by atoms with Crippen molar-refractivity contribution in [3.63, 3.8) is 0 Å². The first kappa shape index (κ1) is 79.7. The van der Waals surface area contributed by atoms with Gasteiger partial charge >= 0.3 is 51.1 Å². The lowest BCUT2D eigenvalue weighted by Crippen LogP contribution is -2.54. The molecule has 4 aliphatic rings. The minimum Gasteiger partial charge on any atom is -0.467 e. The molecule has 0 spiro atoms. The van der Waals surface area contributed by atoms with Crippen LogP contribution in [0.25, 0.3) is 0 Å². The minimum absolute atomic E-state index is 0. The number of likely N-dealkylation sites (tertiary alicyclic amines) is 2. The van der Waals surface area contributed by atoms with Gasteiger partial charge in [-0.25, -0.2) is 28.8 Å². The molecule has 4 aliphatic heterocycles. The summed E-state index contributed by atoms with van der Waals surface area (Å²) < 4.78 is 54.5. The van der Waals surface area contributed by atoms with Crippen molar-refractivity contribution in [2.24, 2.45) is 23.7 Å². The molecule has 8 atom stereocenters. The maximum absolute atomic E-state index is 13.6. The van der Waals surface area contributed by atoms with Gasteiger partial charge in [-0.05, 0) is 169 Å². The van der Waals surface area contributed by atoms with Gasteiger partial charge in [-0.15, -0.1) is 6.58 Å². The number of allylic oxidation sites excluding steroid dienone is 1. The Kier molecular flexibility index (Phi) is 28.8. The first-order valence-electron chi connectivity index (χ1n) is 29.8. The molecule has 4 N–H and O–H groups in total. The highest BCUT2D eigenvalue weighted by atomic mass is 16.7. The van der Waals surface area contributed by atoms with Crippen molar-refractivity contribution in [1.82, 2.24) is 31.1 Å². The largest absolute Gasteiger partial charge is 0.488 e. The van der Waals surface area contributed by atoms with Gasteiger partial charge in [0.05, 0.1) is 48.7 Å². The molecule has 26 heteroatoms. The molecule has 4 fully saturated rings. The van der Waals surface area contributed by atoms with E-state index < -0.39 is 137 Å². The number of nitrogens with one attached hydrogen (secondary N) is 4. The smallest absolute Gasteiger partial charge is 0.467 e. The zero-order valence-electron chi connectivity index (χ0n) is 56.7. The summed E-state index contributed by atoms with van der Waals surface area (Å²) in [4.78, 5) is 106. The van der Waals surface area contributed by atoms with Gasteiger partial charge in [-0.3, -0.25) is 19.4 Å². The molecule has 6 amide bonds. The highest BCUT2D eigenvalue weighted by molar-refractivity contribution is 6.45. The Bertz CT molecular complexity index is 2310. The van der Waals surface area contributed by atoms with Gasteiger partial charge in [0.15, 0.2) is 0 Å². The van der Waals surface area contributed by atoms with Crippen molar-refractivity contribution in [2.75, 3.05) is 27.3 Å². The number of rotatable bonds is 16. The molecule has 0 saturated carbocycles. The van der Waals surface area contributed by atoms with Gasteiger partial charge in [-0.1, -0.05) is 47.6 Å². The summed E-state index contributed by atoms with van der Waals surface area (Å²) in [6.45, 7) is 47.8. The third-order valence-corrected chi connectivity index (χ3v) is 15.2. The summed E-state index contributed by atoms with van der Waals surface area (Å²) in [5, 5.41) is 11.2. The molecule has 1 radical (unpaired) electrons. The maximum atomic E-state index is 13.6. The number of amides is 6. The number of alkyl carbamates (subject to hydrolysis) is 2. The quantitative estimate of drug-likeness (QED) is 0.0485. The van der Waals surface area contributed by atoms with Gasteiger partial charge in [0.1, 0.15) is 46.6 Å². The topological polar surface area (TPSA) is 283 Å². The normalized spacial score (nSPS) is 23.3. The molecule has 0 aromatic carbocycles. The molecule has 24 nitrogen and oxygen atoms in total. The lowest BCUT2D eigenvalue weighted by molar-refractivity contribution is -0.147. The molecular formula is C61H111B2N6O18. The number of carbonyl (C=O) groups is 8. The van der Waals surface area contributed by atoms with E-state index in [4.69, 9.17) is 47.0 Å². The minimum atomic E-state index is -0.986. The Morgan fingerprint density at radius 2 is 0.908 bits per heavy atom. The summed E-state index contributed by atoms with van der Waals surface area (Å²) in [7, 11) is 3.50. The van der Waals surface area contributed by atoms with E-state index in [1.54, 1.807) is 103 Å². The van der Waals surface area contributed by atoms with Gasteiger partial charge in [0, 0.05) is 24.9 Å². The SMILES string of the molecule is C.C=CC[C@@H]1[C@@H](NC(=O)[C@@H](NC(=O)OC(C)(C)C)C(C)C)CN(C(=O)OC(C)(C)C)[C@@H]1C(=O)OC.CC1(C)O[B]OC1(C)C.COC(=O)[C@@H]1[C@H](CCCB2OC(C)(C)C(C)(C)O2)[C@@H](NC(=O)[C@@H](NC(=O)OC(C)(C)C)C(C)C)CN1C(=O)OC(C)(C)C. The van der Waals surface area contributed by atoms with E-state index in [1.807, 2.05) is 69.2 Å². The van der Waals surface area contributed by atoms with Crippen LogP contribution in [0.5, 0.6) is 0 Å². The average molecular weight is 1240 g/mol. The number of hydrogen-bond donors (Lipinski definition) is 4. The third kappa shape index (κ3) is 24.2. The molecule has 0 aromatic heterocycles. The molecule has 0 aromatic rings. The molecule has 0 unspecified atom stereocenters. The van der Waals surface area contributed by atoms with Crippen LogP contribution in [-0.4, -0.2) is 181 Å². The Morgan fingerprint density at radius 1 is 0.575 bits per heavy atom. The predicted octanol–water partition coefficient (Wildman–Crippen LogP) is 9.07. The van der Waals surface area contributed by atoms with Crippen LogP contribution in [0.1, 0.15) is 193 Å². The highest BCUT2D eigenvalue weighted by Crippen LogP contribution is 2.40. The number of esters is 2. The van der Waals surface area contributed by atoms with E-state index in [1.165, 1.54) is 31.7 Å². The Hall–Kier alpha value is -5.33. The summed E-state index contributed by atoms with van der Waals surface area (Å²) in [6, 6.07) is -4.95. The molecular weight excluding hydrogens is 1130 g/mol. The van der Waals surface area contributed by atoms with Crippen molar-refractivity contribution in [3.8, 4) is 0 Å². The van der Waals surface area contributed by atoms with Crippen LogP contribution in [0.3, 0.4) is 0 Å². The molecule has 4 heterocycles. The van der Waals surface area contributed by atoms with Crippen molar-refractivity contribution in [3.05, 3.63) is 12.7 Å². The van der Waals surface area contributed by atoms with Crippen LogP contribution in [0.2, 0.25) is 6.32 Å². The average Bonchev–Trinajstić information content (AvgIpc) is 1.84. The van der Waals surface area contributed by atoms with Crippen LogP contribution in [0, 0.1) is 23.7 Å². The van der Waals surface area contributed by atoms with Crippen molar-refractivity contribution >= 4 is 62.9 Å². The first-order valence-corrected chi connectivity index (χ1v) is 29.8. The second-order valence-electron chi connectivity index (χ2n) is 29.0. The van der Waals surface area contributed by atoms with E-state index >= 15 is 0 Å². The van der Waals surface area contributed by atoms with Crippen LogP contribution in [0.4, 0.5) is 19.2 Å². The fraction of sp³-hybridized carbons (Fsp3) is 0.836.